The van der Waals surface area contributed by atoms with Gasteiger partial charge in [0.15, 0.2) is 0 Å². The number of urea groups is 1. The minimum atomic E-state index is -0.325. The van der Waals surface area contributed by atoms with Crippen LogP contribution in [0.2, 0.25) is 0 Å². The maximum Gasteiger partial charge on any atom is 0.322 e. The Balaban J connectivity index is 2.22. The van der Waals surface area contributed by atoms with E-state index < -0.39 is 0 Å². The van der Waals surface area contributed by atoms with Crippen LogP contribution in [0.4, 0.5) is 14.9 Å². The van der Waals surface area contributed by atoms with Gasteiger partial charge in [0.25, 0.3) is 0 Å². The second-order valence-electron chi connectivity index (χ2n) is 5.83. The molecule has 4 heteroatoms. The molecule has 1 aromatic carbocycles. The fourth-order valence-corrected chi connectivity index (χ4v) is 3.00. The van der Waals surface area contributed by atoms with Crippen LogP contribution in [-0.4, -0.2) is 23.0 Å². The molecule has 1 N–H and O–H groups in total. The summed E-state index contributed by atoms with van der Waals surface area (Å²) < 4.78 is 13.0. The van der Waals surface area contributed by atoms with Crippen LogP contribution in [0.15, 0.2) is 61.2 Å². The first-order valence-corrected chi connectivity index (χ1v) is 7.79. The average molecular weight is 314 g/mol. The predicted molar refractivity (Wildman–Crippen MR) is 92.8 cm³/mol. The first-order chi connectivity index (χ1) is 11.0. The molecule has 0 saturated carbocycles. The highest BCUT2D eigenvalue weighted by atomic mass is 19.1. The van der Waals surface area contributed by atoms with Crippen molar-refractivity contribution in [2.75, 3.05) is 5.32 Å². The first kappa shape index (κ1) is 17.0. The number of hydrogen-bond acceptors (Lipinski definition) is 1. The van der Waals surface area contributed by atoms with Crippen molar-refractivity contribution >= 4 is 11.7 Å². The van der Waals surface area contributed by atoms with Crippen LogP contribution in [0.5, 0.6) is 0 Å². The number of amides is 2. The molecule has 23 heavy (non-hydrogen) atoms. The van der Waals surface area contributed by atoms with Crippen LogP contribution >= 0.6 is 0 Å². The molecule has 122 valence electrons. The number of nitrogens with zero attached hydrogens (tertiary/aromatic N) is 1. The second kappa shape index (κ2) is 7.77. The van der Waals surface area contributed by atoms with Crippen molar-refractivity contribution in [2.24, 2.45) is 0 Å². The van der Waals surface area contributed by atoms with Crippen molar-refractivity contribution in [1.29, 1.82) is 0 Å². The van der Waals surface area contributed by atoms with Crippen molar-refractivity contribution < 1.29 is 9.18 Å². The topological polar surface area (TPSA) is 32.3 Å². The van der Waals surface area contributed by atoms with Crippen molar-refractivity contribution in [1.82, 2.24) is 4.90 Å². The molecule has 0 saturated heterocycles. The van der Waals surface area contributed by atoms with E-state index in [9.17, 15) is 9.18 Å². The Hall–Kier alpha value is -2.36. The molecule has 0 aromatic heterocycles. The van der Waals surface area contributed by atoms with Crippen LogP contribution in [0.3, 0.4) is 0 Å². The SMILES string of the molecule is C=CCC1C=C(C)CC(CC=C)N1C(=O)Nc1ccc(F)cc1. The van der Waals surface area contributed by atoms with Gasteiger partial charge in [-0.3, -0.25) is 0 Å². The summed E-state index contributed by atoms with van der Waals surface area (Å²) in [5, 5.41) is 2.85. The Morgan fingerprint density at radius 2 is 1.96 bits per heavy atom. The maximum atomic E-state index is 13.0. The molecule has 3 nitrogen and oxygen atoms in total. The van der Waals surface area contributed by atoms with E-state index in [2.05, 4.69) is 31.5 Å². The van der Waals surface area contributed by atoms with Crippen molar-refractivity contribution in [3.8, 4) is 0 Å². The molecule has 1 heterocycles. The second-order valence-corrected chi connectivity index (χ2v) is 5.83. The molecule has 0 aliphatic carbocycles. The molecule has 2 amide bonds. The van der Waals surface area contributed by atoms with Gasteiger partial charge in [0.2, 0.25) is 0 Å². The van der Waals surface area contributed by atoms with E-state index >= 15 is 0 Å². The van der Waals surface area contributed by atoms with Crippen LogP contribution < -0.4 is 5.32 Å². The smallest absolute Gasteiger partial charge is 0.314 e. The third-order valence-electron chi connectivity index (χ3n) is 3.96. The highest BCUT2D eigenvalue weighted by molar-refractivity contribution is 5.90. The van der Waals surface area contributed by atoms with Crippen LogP contribution in [-0.2, 0) is 0 Å². The van der Waals surface area contributed by atoms with Crippen molar-refractivity contribution in [3.63, 3.8) is 0 Å². The fraction of sp³-hybridized carbons (Fsp3) is 0.316. The Kier molecular flexibility index (Phi) is 5.74. The van der Waals surface area contributed by atoms with Gasteiger partial charge in [-0.25, -0.2) is 9.18 Å². The summed E-state index contributed by atoms with van der Waals surface area (Å²) in [7, 11) is 0. The summed E-state index contributed by atoms with van der Waals surface area (Å²) in [6, 6.07) is 5.65. The molecule has 0 spiro atoms. The molecule has 2 unspecified atom stereocenters. The summed E-state index contributed by atoms with van der Waals surface area (Å²) in [4.78, 5) is 14.6. The van der Waals surface area contributed by atoms with Gasteiger partial charge in [-0.15, -0.1) is 13.2 Å². The lowest BCUT2D eigenvalue weighted by Crippen LogP contribution is -2.50. The molecule has 1 aliphatic rings. The molecule has 1 aliphatic heterocycles. The van der Waals surface area contributed by atoms with Crippen molar-refractivity contribution in [3.05, 3.63) is 67.0 Å². The van der Waals surface area contributed by atoms with Gasteiger partial charge in [-0.1, -0.05) is 23.8 Å². The minimum absolute atomic E-state index is 0.0216. The van der Waals surface area contributed by atoms with E-state index in [1.807, 2.05) is 17.1 Å². The van der Waals surface area contributed by atoms with Crippen LogP contribution in [0.1, 0.15) is 26.2 Å². The zero-order valence-electron chi connectivity index (χ0n) is 13.5. The van der Waals surface area contributed by atoms with Gasteiger partial charge < -0.3 is 10.2 Å². The third kappa shape index (κ3) is 4.31. The Morgan fingerprint density at radius 1 is 1.30 bits per heavy atom. The molecule has 2 atom stereocenters. The standard InChI is InChI=1S/C19H23FN2O/c1-4-6-17-12-14(3)13-18(7-5-2)22(17)19(23)21-16-10-8-15(20)9-11-16/h4-5,8-12,17-18H,1-2,6-7,13H2,3H3,(H,21,23). The summed E-state index contributed by atoms with van der Waals surface area (Å²) in [6.07, 6.45) is 8.04. The number of carbonyl (C=O) groups excluding carboxylic acids is 1. The fourth-order valence-electron chi connectivity index (χ4n) is 3.00. The monoisotopic (exact) mass is 314 g/mol. The molecular weight excluding hydrogens is 291 g/mol. The van der Waals surface area contributed by atoms with Gasteiger partial charge in [0, 0.05) is 11.7 Å². The summed E-state index contributed by atoms with van der Waals surface area (Å²) in [6.45, 7) is 9.67. The zero-order valence-corrected chi connectivity index (χ0v) is 13.5. The Bertz CT molecular complexity index is 606. The van der Waals surface area contributed by atoms with E-state index in [0.717, 1.165) is 12.8 Å². The number of benzene rings is 1. The minimum Gasteiger partial charge on any atom is -0.314 e. The number of rotatable bonds is 5. The van der Waals surface area contributed by atoms with Gasteiger partial charge >= 0.3 is 6.03 Å². The van der Waals surface area contributed by atoms with E-state index in [4.69, 9.17) is 0 Å². The quantitative estimate of drug-likeness (QED) is 0.770. The molecule has 0 fully saturated rings. The van der Waals surface area contributed by atoms with Crippen molar-refractivity contribution in [2.45, 2.75) is 38.3 Å². The number of nitrogens with one attached hydrogen (secondary N) is 1. The van der Waals surface area contributed by atoms with Crippen LogP contribution in [0, 0.1) is 5.82 Å². The predicted octanol–water partition coefficient (Wildman–Crippen LogP) is 4.90. The molecule has 1 aromatic rings. The maximum absolute atomic E-state index is 13.0. The number of anilines is 1. The zero-order chi connectivity index (χ0) is 16.8. The highest BCUT2D eigenvalue weighted by Gasteiger charge is 2.32. The summed E-state index contributed by atoms with van der Waals surface area (Å²) in [5.41, 5.74) is 1.85. The lowest BCUT2D eigenvalue weighted by Gasteiger charge is -2.40. The number of hydrogen-bond donors (Lipinski definition) is 1. The van der Waals surface area contributed by atoms with Gasteiger partial charge in [0.05, 0.1) is 6.04 Å². The number of halogens is 1. The van der Waals surface area contributed by atoms with E-state index in [1.165, 1.54) is 17.7 Å². The normalized spacial score (nSPS) is 20.6. The molecule has 2 rings (SSSR count). The van der Waals surface area contributed by atoms with E-state index in [0.29, 0.717) is 12.1 Å². The molecule has 0 bridgehead atoms. The van der Waals surface area contributed by atoms with E-state index in [1.54, 1.807) is 12.1 Å². The first-order valence-electron chi connectivity index (χ1n) is 7.79. The largest absolute Gasteiger partial charge is 0.322 e. The lowest BCUT2D eigenvalue weighted by molar-refractivity contribution is 0.163. The number of carbonyl (C=O) groups is 1. The molecule has 0 radical (unpaired) electrons. The van der Waals surface area contributed by atoms with Gasteiger partial charge in [-0.2, -0.15) is 0 Å². The summed E-state index contributed by atoms with van der Waals surface area (Å²) >= 11 is 0. The van der Waals surface area contributed by atoms with Gasteiger partial charge in [0.1, 0.15) is 5.82 Å². The Morgan fingerprint density at radius 3 is 2.57 bits per heavy atom. The molecular formula is C19H23FN2O. The van der Waals surface area contributed by atoms with Crippen LogP contribution in [0.25, 0.3) is 0 Å². The van der Waals surface area contributed by atoms with Gasteiger partial charge in [-0.05, 0) is 50.5 Å². The average Bonchev–Trinajstić information content (AvgIpc) is 2.50. The lowest BCUT2D eigenvalue weighted by atomic mass is 9.93. The Labute approximate surface area is 137 Å². The third-order valence-corrected chi connectivity index (χ3v) is 3.96. The van der Waals surface area contributed by atoms with E-state index in [-0.39, 0.29) is 23.9 Å². The highest BCUT2D eigenvalue weighted by Crippen LogP contribution is 2.27. The summed E-state index contributed by atoms with van der Waals surface area (Å²) in [5.74, 6) is -0.325.